The van der Waals surface area contributed by atoms with Gasteiger partial charge in [0.15, 0.2) is 0 Å². The maximum atomic E-state index is 13.7. The standard InChI is InChI=1S/C30H34N4O4/c1-21-12-16-24(17-13-21)34(28(37)11-6-10-27(36)33-26-9-4-5-20-31-26)29(22-14-18-25(35)19-15-22)30(38)32-23-7-2-3-8-23/h4-5,9,12-20,23,29,35H,2-3,6-8,10-11H2,1H3,(H,32,38)(H,31,33,36)/t29-/m1/s1. The largest absolute Gasteiger partial charge is 0.508 e. The Bertz CT molecular complexity index is 1220. The van der Waals surface area contributed by atoms with Gasteiger partial charge in [0.1, 0.15) is 17.6 Å². The number of amides is 3. The molecular formula is C30H34N4O4. The first-order valence-electron chi connectivity index (χ1n) is 13.1. The summed E-state index contributed by atoms with van der Waals surface area (Å²) in [7, 11) is 0. The summed E-state index contributed by atoms with van der Waals surface area (Å²) in [6.45, 7) is 1.96. The molecule has 3 amide bonds. The monoisotopic (exact) mass is 514 g/mol. The van der Waals surface area contributed by atoms with E-state index in [-0.39, 0.29) is 42.4 Å². The molecule has 1 aromatic heterocycles. The van der Waals surface area contributed by atoms with Gasteiger partial charge in [0.25, 0.3) is 0 Å². The minimum Gasteiger partial charge on any atom is -0.508 e. The van der Waals surface area contributed by atoms with Crippen molar-refractivity contribution < 1.29 is 19.5 Å². The van der Waals surface area contributed by atoms with Gasteiger partial charge in [-0.25, -0.2) is 4.98 Å². The number of aryl methyl sites for hydroxylation is 1. The maximum absolute atomic E-state index is 13.7. The first-order chi connectivity index (χ1) is 18.4. The number of hydrogen-bond donors (Lipinski definition) is 3. The Morgan fingerprint density at radius 3 is 2.34 bits per heavy atom. The third-order valence-electron chi connectivity index (χ3n) is 6.72. The fraction of sp³-hybridized carbons (Fsp3) is 0.333. The van der Waals surface area contributed by atoms with Gasteiger partial charge in [-0.2, -0.15) is 0 Å². The number of aromatic nitrogens is 1. The minimum absolute atomic E-state index is 0.0763. The average Bonchev–Trinajstić information content (AvgIpc) is 3.42. The molecule has 8 nitrogen and oxygen atoms in total. The molecule has 3 N–H and O–H groups in total. The van der Waals surface area contributed by atoms with Gasteiger partial charge in [-0.05, 0) is 68.1 Å². The van der Waals surface area contributed by atoms with Gasteiger partial charge in [-0.15, -0.1) is 0 Å². The van der Waals surface area contributed by atoms with E-state index in [1.54, 1.807) is 36.5 Å². The second-order valence-electron chi connectivity index (χ2n) is 9.70. The molecule has 198 valence electrons. The fourth-order valence-electron chi connectivity index (χ4n) is 4.73. The summed E-state index contributed by atoms with van der Waals surface area (Å²) in [6.07, 6.45) is 6.09. The lowest BCUT2D eigenvalue weighted by Gasteiger charge is -2.32. The second kappa shape index (κ2) is 12.9. The molecule has 0 radical (unpaired) electrons. The molecule has 3 aromatic rings. The number of phenolic OH excluding ortho intramolecular Hbond substituents is 1. The summed E-state index contributed by atoms with van der Waals surface area (Å²) in [5.41, 5.74) is 2.22. The van der Waals surface area contributed by atoms with Crippen molar-refractivity contribution in [1.29, 1.82) is 0 Å². The van der Waals surface area contributed by atoms with Crippen LogP contribution in [0.15, 0.2) is 72.9 Å². The number of hydrogen-bond acceptors (Lipinski definition) is 5. The van der Waals surface area contributed by atoms with E-state index in [0.717, 1.165) is 31.2 Å². The van der Waals surface area contributed by atoms with Crippen LogP contribution in [-0.2, 0) is 14.4 Å². The van der Waals surface area contributed by atoms with E-state index in [4.69, 9.17) is 0 Å². The van der Waals surface area contributed by atoms with Crippen LogP contribution in [0.2, 0.25) is 0 Å². The summed E-state index contributed by atoms with van der Waals surface area (Å²) in [5, 5.41) is 15.7. The molecule has 0 unspecified atom stereocenters. The van der Waals surface area contributed by atoms with E-state index in [1.165, 1.54) is 17.0 Å². The molecule has 1 aliphatic rings. The summed E-state index contributed by atoms with van der Waals surface area (Å²) in [6, 6.07) is 18.2. The first kappa shape index (κ1) is 26.9. The molecule has 1 heterocycles. The maximum Gasteiger partial charge on any atom is 0.248 e. The van der Waals surface area contributed by atoms with Gasteiger partial charge < -0.3 is 15.7 Å². The Morgan fingerprint density at radius 2 is 1.68 bits per heavy atom. The van der Waals surface area contributed by atoms with Crippen molar-refractivity contribution in [1.82, 2.24) is 10.3 Å². The summed E-state index contributed by atoms with van der Waals surface area (Å²) >= 11 is 0. The molecule has 8 heteroatoms. The number of anilines is 2. The van der Waals surface area contributed by atoms with Crippen molar-refractivity contribution in [3.05, 3.63) is 84.1 Å². The SMILES string of the molecule is Cc1ccc(N(C(=O)CCCC(=O)Nc2ccccn2)[C@@H](C(=O)NC2CCCC2)c2ccc(O)cc2)cc1. The Kier molecular flexibility index (Phi) is 9.08. The molecule has 0 aliphatic heterocycles. The first-order valence-corrected chi connectivity index (χ1v) is 13.1. The van der Waals surface area contributed by atoms with Crippen molar-refractivity contribution in [2.75, 3.05) is 10.2 Å². The molecule has 1 atom stereocenters. The van der Waals surface area contributed by atoms with Crippen LogP contribution < -0.4 is 15.5 Å². The molecule has 0 spiro atoms. The molecule has 1 aliphatic carbocycles. The lowest BCUT2D eigenvalue weighted by atomic mass is 10.0. The average molecular weight is 515 g/mol. The zero-order chi connectivity index (χ0) is 26.9. The fourth-order valence-corrected chi connectivity index (χ4v) is 4.73. The van der Waals surface area contributed by atoms with Crippen LogP contribution in [-0.4, -0.2) is 33.9 Å². The number of nitrogens with one attached hydrogen (secondary N) is 2. The van der Waals surface area contributed by atoms with E-state index < -0.39 is 6.04 Å². The molecule has 0 bridgehead atoms. The van der Waals surface area contributed by atoms with Crippen LogP contribution >= 0.6 is 0 Å². The van der Waals surface area contributed by atoms with E-state index >= 15 is 0 Å². The van der Waals surface area contributed by atoms with Gasteiger partial charge in [-0.1, -0.05) is 48.7 Å². The summed E-state index contributed by atoms with van der Waals surface area (Å²) in [5.74, 6) is -0.215. The molecule has 1 fully saturated rings. The van der Waals surface area contributed by atoms with Crippen LogP contribution in [0.1, 0.15) is 62.1 Å². The minimum atomic E-state index is -0.922. The van der Waals surface area contributed by atoms with Crippen molar-refractivity contribution in [2.24, 2.45) is 0 Å². The number of nitrogens with zero attached hydrogens (tertiary/aromatic N) is 2. The highest BCUT2D eigenvalue weighted by Gasteiger charge is 2.34. The van der Waals surface area contributed by atoms with Crippen LogP contribution in [0.25, 0.3) is 0 Å². The Balaban J connectivity index is 1.56. The van der Waals surface area contributed by atoms with Crippen LogP contribution in [0.5, 0.6) is 5.75 Å². The third kappa shape index (κ3) is 7.18. The van der Waals surface area contributed by atoms with Gasteiger partial charge in [-0.3, -0.25) is 19.3 Å². The molecule has 1 saturated carbocycles. The lowest BCUT2D eigenvalue weighted by molar-refractivity contribution is -0.127. The summed E-state index contributed by atoms with van der Waals surface area (Å²) in [4.78, 5) is 45.5. The molecular weight excluding hydrogens is 480 g/mol. The van der Waals surface area contributed by atoms with E-state index in [0.29, 0.717) is 23.5 Å². The Labute approximate surface area is 223 Å². The highest BCUT2D eigenvalue weighted by molar-refractivity contribution is 6.01. The van der Waals surface area contributed by atoms with Crippen molar-refractivity contribution in [3.63, 3.8) is 0 Å². The highest BCUT2D eigenvalue weighted by Crippen LogP contribution is 2.31. The molecule has 4 rings (SSSR count). The number of carbonyl (C=O) groups excluding carboxylic acids is 3. The highest BCUT2D eigenvalue weighted by atomic mass is 16.3. The summed E-state index contributed by atoms with van der Waals surface area (Å²) < 4.78 is 0. The second-order valence-corrected chi connectivity index (χ2v) is 9.70. The normalized spacial score (nSPS) is 14.0. The number of phenols is 1. The smallest absolute Gasteiger partial charge is 0.248 e. The van der Waals surface area contributed by atoms with E-state index in [1.807, 2.05) is 31.2 Å². The quantitative estimate of drug-likeness (QED) is 0.351. The van der Waals surface area contributed by atoms with Crippen molar-refractivity contribution in [2.45, 2.75) is 64.0 Å². The van der Waals surface area contributed by atoms with Crippen LogP contribution in [0.4, 0.5) is 11.5 Å². The molecule has 0 saturated heterocycles. The number of aromatic hydroxyl groups is 1. The number of carbonyl (C=O) groups is 3. The zero-order valence-electron chi connectivity index (χ0n) is 21.6. The molecule has 2 aromatic carbocycles. The van der Waals surface area contributed by atoms with Gasteiger partial charge in [0.05, 0.1) is 0 Å². The predicted molar refractivity (Wildman–Crippen MR) is 147 cm³/mol. The van der Waals surface area contributed by atoms with Crippen LogP contribution in [0, 0.1) is 6.92 Å². The Morgan fingerprint density at radius 1 is 0.974 bits per heavy atom. The van der Waals surface area contributed by atoms with Gasteiger partial charge in [0, 0.05) is 30.8 Å². The number of benzene rings is 2. The predicted octanol–water partition coefficient (Wildman–Crippen LogP) is 5.04. The zero-order valence-corrected chi connectivity index (χ0v) is 21.6. The molecule has 38 heavy (non-hydrogen) atoms. The van der Waals surface area contributed by atoms with E-state index in [9.17, 15) is 19.5 Å². The van der Waals surface area contributed by atoms with E-state index in [2.05, 4.69) is 15.6 Å². The van der Waals surface area contributed by atoms with Crippen molar-refractivity contribution in [3.8, 4) is 5.75 Å². The van der Waals surface area contributed by atoms with Crippen molar-refractivity contribution >= 4 is 29.2 Å². The Hall–Kier alpha value is -4.20. The van der Waals surface area contributed by atoms with Crippen LogP contribution in [0.3, 0.4) is 0 Å². The number of pyridine rings is 1. The third-order valence-corrected chi connectivity index (χ3v) is 6.72. The van der Waals surface area contributed by atoms with Gasteiger partial charge in [0.2, 0.25) is 17.7 Å². The number of rotatable bonds is 10. The van der Waals surface area contributed by atoms with Gasteiger partial charge >= 0.3 is 0 Å². The lowest BCUT2D eigenvalue weighted by Crippen LogP contribution is -2.46. The topological polar surface area (TPSA) is 112 Å².